The predicted octanol–water partition coefficient (Wildman–Crippen LogP) is 4.57. The first-order valence-corrected chi connectivity index (χ1v) is 5.22. The van der Waals surface area contributed by atoms with Gasteiger partial charge in [-0.05, 0) is 11.6 Å². The summed E-state index contributed by atoms with van der Waals surface area (Å²) in [6.45, 7) is 0. The first-order chi connectivity index (χ1) is 9.37. The molecule has 0 aromatic rings. The summed E-state index contributed by atoms with van der Waals surface area (Å²) in [4.78, 5) is 10.1. The molecule has 0 fully saturated rings. The Bertz CT molecular complexity index is 399. The number of carbonyl (C=O) groups is 1. The van der Waals surface area contributed by atoms with Crippen molar-refractivity contribution in [1.29, 1.82) is 0 Å². The lowest BCUT2D eigenvalue weighted by Crippen LogP contribution is -2.61. The lowest BCUT2D eigenvalue weighted by atomic mass is 10.1. The minimum Gasteiger partial charge on any atom is -0.281 e. The molecule has 0 heterocycles. The van der Waals surface area contributed by atoms with Crippen molar-refractivity contribution in [2.45, 2.75) is 43.1 Å². The fourth-order valence-corrected chi connectivity index (χ4v) is 1.02. The van der Waals surface area contributed by atoms with Crippen LogP contribution in [0, 0.1) is 0 Å². The van der Waals surface area contributed by atoms with Crippen molar-refractivity contribution >= 4 is 16.8 Å². The second-order valence-electron chi connectivity index (χ2n) is 3.77. The maximum absolute atomic E-state index is 12.9. The van der Waals surface area contributed by atoms with Gasteiger partial charge in [0.25, 0.3) is 0 Å². The summed E-state index contributed by atoms with van der Waals surface area (Å²) < 4.78 is 138. The fraction of sp³-hybridized carbons (Fsp3) is 0.875. The van der Waals surface area contributed by atoms with Crippen LogP contribution in [0.1, 0.15) is 12.8 Å². The molecule has 0 aromatic carbocycles. The molecule has 0 aromatic heterocycles. The SMILES string of the molecule is O=C(Cl)CCC(F)(F)C(F)(F)OC(F)(C(F)(F)F)C(F)(F)F. The number of alkyl halides is 11. The molecule has 0 aliphatic carbocycles. The van der Waals surface area contributed by atoms with Gasteiger partial charge in [0.15, 0.2) is 0 Å². The van der Waals surface area contributed by atoms with Crippen molar-refractivity contribution in [3.63, 3.8) is 0 Å². The average Bonchev–Trinajstić information content (AvgIpc) is 2.22. The van der Waals surface area contributed by atoms with E-state index in [0.29, 0.717) is 0 Å². The lowest BCUT2D eigenvalue weighted by molar-refractivity contribution is -0.503. The summed E-state index contributed by atoms with van der Waals surface area (Å²) in [5.41, 5.74) is 0. The van der Waals surface area contributed by atoms with Crippen LogP contribution in [0.3, 0.4) is 0 Å². The standard InChI is InChI=1S/C8H4ClF11O2/c9-3(21)1-2-4(10,11)8(19,20)22-5(12,6(13,14)15)7(16,17)18/h1-2H2. The van der Waals surface area contributed by atoms with Gasteiger partial charge in [-0.2, -0.15) is 48.3 Å². The van der Waals surface area contributed by atoms with Crippen molar-refractivity contribution < 1.29 is 57.8 Å². The smallest absolute Gasteiger partial charge is 0.281 e. The summed E-state index contributed by atoms with van der Waals surface area (Å²) in [6, 6.07) is 0. The van der Waals surface area contributed by atoms with E-state index in [-0.39, 0.29) is 0 Å². The summed E-state index contributed by atoms with van der Waals surface area (Å²) in [5, 5.41) is -1.63. The minimum absolute atomic E-state index is 1.54. The van der Waals surface area contributed by atoms with Crippen LogP contribution in [0.2, 0.25) is 0 Å². The van der Waals surface area contributed by atoms with Gasteiger partial charge in [-0.3, -0.25) is 9.53 Å². The summed E-state index contributed by atoms with van der Waals surface area (Å²) >= 11 is 4.52. The Balaban J connectivity index is 5.58. The van der Waals surface area contributed by atoms with Crippen molar-refractivity contribution in [2.24, 2.45) is 0 Å². The molecule has 0 saturated carbocycles. The highest BCUT2D eigenvalue weighted by Gasteiger charge is 2.79. The highest BCUT2D eigenvalue weighted by Crippen LogP contribution is 2.52. The molecule has 0 N–H and O–H groups in total. The molecule has 0 radical (unpaired) electrons. The zero-order valence-electron chi connectivity index (χ0n) is 9.77. The Hall–Kier alpha value is -0.850. The Morgan fingerprint density at radius 1 is 0.818 bits per heavy atom. The molecule has 0 unspecified atom stereocenters. The van der Waals surface area contributed by atoms with Crippen LogP contribution >= 0.6 is 11.6 Å². The number of hydrogen-bond donors (Lipinski definition) is 0. The maximum Gasteiger partial charge on any atom is 0.458 e. The summed E-state index contributed by atoms with van der Waals surface area (Å²) in [5.74, 6) is -12.8. The minimum atomic E-state index is -7.12. The topological polar surface area (TPSA) is 26.3 Å². The quantitative estimate of drug-likeness (QED) is 0.501. The second-order valence-corrected chi connectivity index (χ2v) is 4.19. The Kier molecular flexibility index (Phi) is 5.75. The normalized spacial score (nSPS) is 15.1. The van der Waals surface area contributed by atoms with E-state index in [1.807, 2.05) is 0 Å². The molecule has 0 aliphatic rings. The largest absolute Gasteiger partial charge is 0.458 e. The van der Waals surface area contributed by atoms with E-state index in [4.69, 9.17) is 0 Å². The molecule has 0 aliphatic heterocycles. The highest BCUT2D eigenvalue weighted by molar-refractivity contribution is 6.63. The molecule has 132 valence electrons. The molecule has 0 amide bonds. The van der Waals surface area contributed by atoms with Crippen LogP contribution in [0.5, 0.6) is 0 Å². The van der Waals surface area contributed by atoms with Gasteiger partial charge in [-0.1, -0.05) is 0 Å². The Morgan fingerprint density at radius 2 is 1.18 bits per heavy atom. The number of ether oxygens (including phenoxy) is 1. The van der Waals surface area contributed by atoms with Gasteiger partial charge < -0.3 is 0 Å². The predicted molar refractivity (Wildman–Crippen MR) is 47.0 cm³/mol. The van der Waals surface area contributed by atoms with Gasteiger partial charge in [0.05, 0.1) is 0 Å². The van der Waals surface area contributed by atoms with Crippen molar-refractivity contribution in [1.82, 2.24) is 0 Å². The molecular weight excluding hydrogens is 373 g/mol. The van der Waals surface area contributed by atoms with E-state index in [9.17, 15) is 53.1 Å². The number of halogens is 12. The third kappa shape index (κ3) is 4.33. The highest BCUT2D eigenvalue weighted by atomic mass is 35.5. The molecule has 14 heteroatoms. The van der Waals surface area contributed by atoms with Crippen molar-refractivity contribution in [3.05, 3.63) is 0 Å². The molecule has 22 heavy (non-hydrogen) atoms. The fourth-order valence-electron chi connectivity index (χ4n) is 0.929. The zero-order chi connectivity index (χ0) is 18.2. The van der Waals surface area contributed by atoms with E-state index in [1.165, 1.54) is 0 Å². The van der Waals surface area contributed by atoms with Gasteiger partial charge >= 0.3 is 30.2 Å². The van der Waals surface area contributed by atoms with Gasteiger partial charge in [0.2, 0.25) is 5.24 Å². The molecular formula is C8H4ClF11O2. The van der Waals surface area contributed by atoms with Crippen LogP contribution in [0.25, 0.3) is 0 Å². The molecule has 0 atom stereocenters. The van der Waals surface area contributed by atoms with Crippen LogP contribution in [0.15, 0.2) is 0 Å². The third-order valence-corrected chi connectivity index (χ3v) is 2.25. The van der Waals surface area contributed by atoms with Crippen LogP contribution < -0.4 is 0 Å². The Labute approximate surface area is 119 Å². The number of rotatable bonds is 6. The van der Waals surface area contributed by atoms with E-state index >= 15 is 0 Å². The molecule has 0 bridgehead atoms. The molecule has 0 rings (SSSR count). The second kappa shape index (κ2) is 5.98. The summed E-state index contributed by atoms with van der Waals surface area (Å²) in [7, 11) is 0. The number of hydrogen-bond acceptors (Lipinski definition) is 2. The van der Waals surface area contributed by atoms with Crippen LogP contribution in [0.4, 0.5) is 48.3 Å². The first kappa shape index (κ1) is 21.1. The molecule has 0 saturated heterocycles. The van der Waals surface area contributed by atoms with E-state index in [1.54, 1.807) is 4.74 Å². The lowest BCUT2D eigenvalue weighted by Gasteiger charge is -2.35. The average molecular weight is 377 g/mol. The molecule has 2 nitrogen and oxygen atoms in total. The van der Waals surface area contributed by atoms with Crippen molar-refractivity contribution in [3.8, 4) is 0 Å². The van der Waals surface area contributed by atoms with Crippen LogP contribution in [-0.2, 0) is 9.53 Å². The Morgan fingerprint density at radius 3 is 1.45 bits per heavy atom. The van der Waals surface area contributed by atoms with Gasteiger partial charge in [-0.25, -0.2) is 0 Å². The van der Waals surface area contributed by atoms with Gasteiger partial charge in [0.1, 0.15) is 0 Å². The first-order valence-electron chi connectivity index (χ1n) is 4.84. The third-order valence-electron chi connectivity index (χ3n) is 2.06. The summed E-state index contributed by atoms with van der Waals surface area (Å²) in [6.07, 6.45) is -24.6. The van der Waals surface area contributed by atoms with Gasteiger partial charge in [-0.15, -0.1) is 0 Å². The van der Waals surface area contributed by atoms with Crippen LogP contribution in [-0.4, -0.2) is 35.5 Å². The van der Waals surface area contributed by atoms with E-state index < -0.39 is 48.3 Å². The van der Waals surface area contributed by atoms with Crippen molar-refractivity contribution in [2.75, 3.05) is 0 Å². The van der Waals surface area contributed by atoms with Gasteiger partial charge in [0, 0.05) is 12.8 Å². The molecule has 0 spiro atoms. The zero-order valence-corrected chi connectivity index (χ0v) is 10.5. The number of carbonyl (C=O) groups excluding carboxylic acids is 1. The van der Waals surface area contributed by atoms with E-state index in [2.05, 4.69) is 11.6 Å². The monoisotopic (exact) mass is 376 g/mol. The maximum atomic E-state index is 12.9. The van der Waals surface area contributed by atoms with E-state index in [0.717, 1.165) is 0 Å².